The van der Waals surface area contributed by atoms with Crippen LogP contribution in [0.3, 0.4) is 0 Å². The summed E-state index contributed by atoms with van der Waals surface area (Å²) in [5, 5.41) is 17.7. The van der Waals surface area contributed by atoms with Crippen molar-refractivity contribution < 1.29 is 19.2 Å². The van der Waals surface area contributed by atoms with Gasteiger partial charge in [0.25, 0.3) is 0 Å². The highest BCUT2D eigenvalue weighted by molar-refractivity contribution is 6.58. The number of rotatable bonds is 5. The predicted octanol–water partition coefficient (Wildman–Crippen LogP) is 0.460. The summed E-state index contributed by atoms with van der Waals surface area (Å²) in [6.07, 6.45) is 2.26. The molecule has 5 heteroatoms. The van der Waals surface area contributed by atoms with Gasteiger partial charge < -0.3 is 14.8 Å². The Balaban J connectivity index is 2.76. The highest BCUT2D eigenvalue weighted by Crippen LogP contribution is 2.14. The summed E-state index contributed by atoms with van der Waals surface area (Å²) in [5.41, 5.74) is 0.199. The average Bonchev–Trinajstić information content (AvgIpc) is 2.20. The van der Waals surface area contributed by atoms with Crippen LogP contribution in [0.2, 0.25) is 0 Å². The van der Waals surface area contributed by atoms with Gasteiger partial charge in [0.15, 0.2) is 11.6 Å². The van der Waals surface area contributed by atoms with E-state index >= 15 is 0 Å². The molecule has 0 bridgehead atoms. The largest absolute Gasteiger partial charge is 0.490 e. The topological polar surface area (TPSA) is 49.7 Å². The lowest BCUT2D eigenvalue weighted by atomic mass is 9.80. The highest BCUT2D eigenvalue weighted by atomic mass is 19.1. The maximum absolute atomic E-state index is 13.1. The molecule has 1 aromatic carbocycles. The van der Waals surface area contributed by atoms with Crippen LogP contribution in [-0.4, -0.2) is 23.8 Å². The molecule has 0 aliphatic rings. The van der Waals surface area contributed by atoms with Crippen molar-refractivity contribution in [2.75, 3.05) is 6.61 Å². The van der Waals surface area contributed by atoms with Gasteiger partial charge in [-0.25, -0.2) is 4.39 Å². The standard InChI is InChI=1S/C10H12BFO3/c1-2-3-6-15-10-7-8(11(13)14)4-5-9(10)12/h2,4-5,7,13-14H,1,3,6H2. The molecule has 0 aromatic heterocycles. The first-order valence-corrected chi connectivity index (χ1v) is 4.54. The molecule has 0 spiro atoms. The first-order valence-electron chi connectivity index (χ1n) is 4.54. The molecule has 0 aliphatic carbocycles. The van der Waals surface area contributed by atoms with E-state index in [0.717, 1.165) is 6.07 Å². The van der Waals surface area contributed by atoms with E-state index in [9.17, 15) is 4.39 Å². The summed E-state index contributed by atoms with van der Waals surface area (Å²) in [5.74, 6) is -0.508. The number of hydrogen-bond donors (Lipinski definition) is 2. The predicted molar refractivity (Wildman–Crippen MR) is 56.5 cm³/mol. The Labute approximate surface area is 88.0 Å². The second-order valence-electron chi connectivity index (χ2n) is 2.99. The Bertz CT molecular complexity index is 341. The van der Waals surface area contributed by atoms with E-state index in [2.05, 4.69) is 6.58 Å². The van der Waals surface area contributed by atoms with Crippen LogP contribution in [-0.2, 0) is 0 Å². The summed E-state index contributed by atoms with van der Waals surface area (Å²) in [6, 6.07) is 3.70. The van der Waals surface area contributed by atoms with E-state index in [1.165, 1.54) is 12.1 Å². The third-order valence-corrected chi connectivity index (χ3v) is 1.83. The molecule has 0 unspecified atom stereocenters. The van der Waals surface area contributed by atoms with Crippen molar-refractivity contribution in [1.82, 2.24) is 0 Å². The maximum atomic E-state index is 13.1. The molecule has 1 rings (SSSR count). The lowest BCUT2D eigenvalue weighted by molar-refractivity contribution is 0.308. The van der Waals surface area contributed by atoms with Crippen molar-refractivity contribution in [3.8, 4) is 5.75 Å². The molecule has 0 aliphatic heterocycles. The van der Waals surface area contributed by atoms with Gasteiger partial charge in [-0.15, -0.1) is 6.58 Å². The minimum atomic E-state index is -1.62. The van der Waals surface area contributed by atoms with E-state index in [4.69, 9.17) is 14.8 Å². The first-order chi connectivity index (χ1) is 7.15. The smallest absolute Gasteiger partial charge is 0.488 e. The van der Waals surface area contributed by atoms with E-state index in [1.54, 1.807) is 6.08 Å². The first kappa shape index (κ1) is 11.7. The molecule has 0 atom stereocenters. The lowest BCUT2D eigenvalue weighted by Gasteiger charge is -2.07. The molecule has 2 N–H and O–H groups in total. The Morgan fingerprint density at radius 1 is 1.47 bits per heavy atom. The zero-order chi connectivity index (χ0) is 11.3. The fourth-order valence-corrected chi connectivity index (χ4v) is 1.04. The Morgan fingerprint density at radius 3 is 2.80 bits per heavy atom. The lowest BCUT2D eigenvalue weighted by Crippen LogP contribution is -2.29. The summed E-state index contributed by atoms with van der Waals surface area (Å²) < 4.78 is 18.2. The van der Waals surface area contributed by atoms with Crippen LogP contribution in [0.4, 0.5) is 4.39 Å². The third kappa shape index (κ3) is 3.38. The molecule has 1 aromatic rings. The monoisotopic (exact) mass is 210 g/mol. The highest BCUT2D eigenvalue weighted by Gasteiger charge is 2.13. The maximum Gasteiger partial charge on any atom is 0.488 e. The van der Waals surface area contributed by atoms with E-state index in [0.29, 0.717) is 13.0 Å². The quantitative estimate of drug-likeness (QED) is 0.421. The summed E-state index contributed by atoms with van der Waals surface area (Å²) in [6.45, 7) is 3.82. The van der Waals surface area contributed by atoms with Gasteiger partial charge >= 0.3 is 7.12 Å². The van der Waals surface area contributed by atoms with Gasteiger partial charge in [0, 0.05) is 0 Å². The third-order valence-electron chi connectivity index (χ3n) is 1.83. The summed E-state index contributed by atoms with van der Waals surface area (Å²) in [7, 11) is -1.62. The second-order valence-corrected chi connectivity index (χ2v) is 2.99. The van der Waals surface area contributed by atoms with Crippen molar-refractivity contribution in [2.24, 2.45) is 0 Å². The fourth-order valence-electron chi connectivity index (χ4n) is 1.04. The minimum absolute atomic E-state index is 0.0162. The van der Waals surface area contributed by atoms with Crippen LogP contribution >= 0.6 is 0 Å². The van der Waals surface area contributed by atoms with Gasteiger partial charge in [0.1, 0.15) is 0 Å². The van der Waals surface area contributed by atoms with Crippen LogP contribution in [0, 0.1) is 5.82 Å². The Morgan fingerprint density at radius 2 is 2.20 bits per heavy atom. The van der Waals surface area contributed by atoms with Gasteiger partial charge in [-0.2, -0.15) is 0 Å². The molecule has 0 amide bonds. The van der Waals surface area contributed by atoms with E-state index in [-0.39, 0.29) is 11.2 Å². The van der Waals surface area contributed by atoms with Crippen molar-refractivity contribution >= 4 is 12.6 Å². The van der Waals surface area contributed by atoms with Crippen molar-refractivity contribution in [3.63, 3.8) is 0 Å². The van der Waals surface area contributed by atoms with Gasteiger partial charge in [-0.1, -0.05) is 12.1 Å². The second kappa shape index (κ2) is 5.53. The zero-order valence-corrected chi connectivity index (χ0v) is 8.19. The normalized spacial score (nSPS) is 9.80. The Kier molecular flexibility index (Phi) is 4.33. The molecule has 0 radical (unpaired) electrons. The molecular weight excluding hydrogens is 198 g/mol. The van der Waals surface area contributed by atoms with E-state index in [1.807, 2.05) is 0 Å². The molecule has 0 heterocycles. The zero-order valence-electron chi connectivity index (χ0n) is 8.19. The van der Waals surface area contributed by atoms with Crippen LogP contribution < -0.4 is 10.2 Å². The summed E-state index contributed by atoms with van der Waals surface area (Å²) >= 11 is 0. The van der Waals surface area contributed by atoms with Crippen LogP contribution in [0.15, 0.2) is 30.9 Å². The molecule has 80 valence electrons. The number of benzene rings is 1. The average molecular weight is 210 g/mol. The summed E-state index contributed by atoms with van der Waals surface area (Å²) in [4.78, 5) is 0. The molecule has 0 saturated carbocycles. The van der Waals surface area contributed by atoms with Gasteiger partial charge in [0.2, 0.25) is 0 Å². The fraction of sp³-hybridized carbons (Fsp3) is 0.200. The minimum Gasteiger partial charge on any atom is -0.490 e. The molecule has 0 fully saturated rings. The van der Waals surface area contributed by atoms with Gasteiger partial charge in [0.05, 0.1) is 6.61 Å². The van der Waals surface area contributed by atoms with Crippen molar-refractivity contribution in [1.29, 1.82) is 0 Å². The molecule has 15 heavy (non-hydrogen) atoms. The van der Waals surface area contributed by atoms with Crippen molar-refractivity contribution in [2.45, 2.75) is 6.42 Å². The Hall–Kier alpha value is -1.33. The van der Waals surface area contributed by atoms with Crippen LogP contribution in [0.5, 0.6) is 5.75 Å². The molecule has 3 nitrogen and oxygen atoms in total. The molecular formula is C10H12BFO3. The van der Waals surface area contributed by atoms with Gasteiger partial charge in [-0.05, 0) is 24.0 Å². The SMILES string of the molecule is C=CCCOc1cc(B(O)O)ccc1F. The van der Waals surface area contributed by atoms with Crippen molar-refractivity contribution in [3.05, 3.63) is 36.7 Å². The van der Waals surface area contributed by atoms with Gasteiger partial charge in [-0.3, -0.25) is 0 Å². The number of hydrogen-bond acceptors (Lipinski definition) is 3. The van der Waals surface area contributed by atoms with Crippen LogP contribution in [0.1, 0.15) is 6.42 Å². The van der Waals surface area contributed by atoms with Crippen LogP contribution in [0.25, 0.3) is 0 Å². The number of halogens is 1. The number of ether oxygens (including phenoxy) is 1. The molecule has 0 saturated heterocycles. The van der Waals surface area contributed by atoms with E-state index < -0.39 is 12.9 Å².